The number of hydrogen-bond acceptors (Lipinski definition) is 5. The van der Waals surface area contributed by atoms with Gasteiger partial charge in [0, 0.05) is 12.4 Å². The maximum Gasteiger partial charge on any atom is 0.339 e. The highest BCUT2D eigenvalue weighted by molar-refractivity contribution is 9.10. The van der Waals surface area contributed by atoms with Crippen LogP contribution in [0.15, 0.2) is 39.2 Å². The maximum atomic E-state index is 10.8. The van der Waals surface area contributed by atoms with Crippen LogP contribution in [0.1, 0.15) is 16.1 Å². The smallest absolute Gasteiger partial charge is 0.339 e. The molecule has 2 aromatic rings. The number of carboxylic acids is 1. The van der Waals surface area contributed by atoms with Gasteiger partial charge in [0.2, 0.25) is 0 Å². The number of aromatic carboxylic acids is 1. The minimum Gasteiger partial charge on any atom is -0.478 e. The fourth-order valence-electron chi connectivity index (χ4n) is 1.24. The van der Waals surface area contributed by atoms with E-state index in [4.69, 9.17) is 5.11 Å². The van der Waals surface area contributed by atoms with E-state index in [2.05, 4.69) is 30.9 Å². The number of pyridine rings is 1. The quantitative estimate of drug-likeness (QED) is 0.874. The molecule has 0 spiro atoms. The third-order valence-electron chi connectivity index (χ3n) is 2.10. The van der Waals surface area contributed by atoms with E-state index in [1.807, 2.05) is 12.1 Å². The van der Waals surface area contributed by atoms with Crippen LogP contribution in [-0.2, 0) is 0 Å². The van der Waals surface area contributed by atoms with Gasteiger partial charge in [-0.25, -0.2) is 19.7 Å². The summed E-state index contributed by atoms with van der Waals surface area (Å²) in [6, 6.07) is 3.68. The first kappa shape index (κ1) is 13.0. The maximum absolute atomic E-state index is 10.8. The van der Waals surface area contributed by atoms with Crippen molar-refractivity contribution < 1.29 is 9.90 Å². The molecule has 0 radical (unpaired) electrons. The summed E-state index contributed by atoms with van der Waals surface area (Å²) in [6.45, 7) is 1.64. The molecule has 0 saturated carbocycles. The average molecular weight is 326 g/mol. The molecule has 0 bridgehead atoms. The van der Waals surface area contributed by atoms with E-state index < -0.39 is 5.97 Å². The highest BCUT2D eigenvalue weighted by Gasteiger charge is 2.11. The number of carbonyl (C=O) groups is 1. The second-order valence-electron chi connectivity index (χ2n) is 3.35. The standard InChI is InChI=1S/C11H8BrN3O2S/c1-6-7(10(16)17)5-14-11(15-6)18-9-8(12)3-2-4-13-9/h2-5H,1H3,(H,16,17). The molecule has 0 aliphatic rings. The molecule has 0 fully saturated rings. The molecular formula is C11H8BrN3O2S. The van der Waals surface area contributed by atoms with Crippen molar-refractivity contribution in [3.8, 4) is 0 Å². The molecule has 7 heteroatoms. The van der Waals surface area contributed by atoms with E-state index in [1.54, 1.807) is 13.1 Å². The van der Waals surface area contributed by atoms with Crippen LogP contribution in [-0.4, -0.2) is 26.0 Å². The lowest BCUT2D eigenvalue weighted by Gasteiger charge is -2.04. The van der Waals surface area contributed by atoms with Crippen LogP contribution >= 0.6 is 27.7 Å². The van der Waals surface area contributed by atoms with Crippen LogP contribution in [0.5, 0.6) is 0 Å². The number of halogens is 1. The van der Waals surface area contributed by atoms with Gasteiger partial charge in [-0.1, -0.05) is 0 Å². The molecule has 0 unspecified atom stereocenters. The average Bonchev–Trinajstić information content (AvgIpc) is 2.32. The predicted octanol–water partition coefficient (Wildman–Crippen LogP) is 2.79. The van der Waals surface area contributed by atoms with Crippen molar-refractivity contribution in [2.45, 2.75) is 17.1 Å². The minimum absolute atomic E-state index is 0.111. The van der Waals surface area contributed by atoms with E-state index in [0.29, 0.717) is 10.9 Å². The van der Waals surface area contributed by atoms with Crippen molar-refractivity contribution in [3.05, 3.63) is 40.3 Å². The number of nitrogens with zero attached hydrogens (tertiary/aromatic N) is 3. The largest absolute Gasteiger partial charge is 0.478 e. The van der Waals surface area contributed by atoms with Crippen LogP contribution < -0.4 is 0 Å². The molecule has 2 rings (SSSR count). The van der Waals surface area contributed by atoms with E-state index in [9.17, 15) is 4.79 Å². The Bertz CT molecular complexity index is 607. The molecule has 0 atom stereocenters. The van der Waals surface area contributed by atoms with E-state index in [1.165, 1.54) is 18.0 Å². The number of hydrogen-bond donors (Lipinski definition) is 1. The first-order valence-corrected chi connectivity index (χ1v) is 6.54. The number of rotatable bonds is 3. The fourth-order valence-corrected chi connectivity index (χ4v) is 2.48. The zero-order chi connectivity index (χ0) is 13.1. The van der Waals surface area contributed by atoms with Gasteiger partial charge in [-0.2, -0.15) is 0 Å². The fraction of sp³-hybridized carbons (Fsp3) is 0.0909. The summed E-state index contributed by atoms with van der Waals surface area (Å²) < 4.78 is 0.846. The molecular weight excluding hydrogens is 318 g/mol. The highest BCUT2D eigenvalue weighted by Crippen LogP contribution is 2.29. The lowest BCUT2D eigenvalue weighted by molar-refractivity contribution is 0.0695. The monoisotopic (exact) mass is 325 g/mol. The molecule has 1 N–H and O–H groups in total. The van der Waals surface area contributed by atoms with Crippen molar-refractivity contribution in [2.24, 2.45) is 0 Å². The van der Waals surface area contributed by atoms with E-state index in [0.717, 1.165) is 9.50 Å². The van der Waals surface area contributed by atoms with Crippen molar-refractivity contribution in [3.63, 3.8) is 0 Å². The molecule has 92 valence electrons. The summed E-state index contributed by atoms with van der Waals surface area (Å²) in [5.41, 5.74) is 0.548. The highest BCUT2D eigenvalue weighted by atomic mass is 79.9. The van der Waals surface area contributed by atoms with Crippen molar-refractivity contribution in [2.75, 3.05) is 0 Å². The number of aromatic nitrogens is 3. The van der Waals surface area contributed by atoms with Gasteiger partial charge in [0.05, 0.1) is 15.7 Å². The topological polar surface area (TPSA) is 76.0 Å². The zero-order valence-corrected chi connectivity index (χ0v) is 11.7. The Morgan fingerprint density at radius 2 is 2.22 bits per heavy atom. The van der Waals surface area contributed by atoms with Gasteiger partial charge in [0.25, 0.3) is 0 Å². The second-order valence-corrected chi connectivity index (χ2v) is 5.16. The van der Waals surface area contributed by atoms with Gasteiger partial charge in [-0.15, -0.1) is 0 Å². The summed E-state index contributed by atoms with van der Waals surface area (Å²) in [7, 11) is 0. The minimum atomic E-state index is -1.02. The summed E-state index contributed by atoms with van der Waals surface area (Å²) >= 11 is 4.65. The SMILES string of the molecule is Cc1nc(Sc2ncccc2Br)ncc1C(=O)O. The van der Waals surface area contributed by atoms with Gasteiger partial charge in [-0.05, 0) is 46.7 Å². The molecule has 0 aliphatic carbocycles. The van der Waals surface area contributed by atoms with Gasteiger partial charge in [0.1, 0.15) is 5.03 Å². The molecule has 2 heterocycles. The van der Waals surface area contributed by atoms with Gasteiger partial charge in [-0.3, -0.25) is 0 Å². The number of aryl methyl sites for hydroxylation is 1. The van der Waals surface area contributed by atoms with Crippen molar-refractivity contribution >= 4 is 33.7 Å². The molecule has 0 saturated heterocycles. The first-order valence-electron chi connectivity index (χ1n) is 4.93. The Morgan fingerprint density at radius 1 is 1.44 bits per heavy atom. The lowest BCUT2D eigenvalue weighted by atomic mass is 10.2. The molecule has 0 amide bonds. The van der Waals surface area contributed by atoms with E-state index in [-0.39, 0.29) is 5.56 Å². The Morgan fingerprint density at radius 3 is 2.83 bits per heavy atom. The van der Waals surface area contributed by atoms with Crippen LogP contribution in [0.2, 0.25) is 0 Å². The van der Waals surface area contributed by atoms with Gasteiger partial charge in [0.15, 0.2) is 5.16 Å². The Hall–Kier alpha value is -1.47. The van der Waals surface area contributed by atoms with Gasteiger partial charge < -0.3 is 5.11 Å². The Kier molecular flexibility index (Phi) is 3.93. The molecule has 18 heavy (non-hydrogen) atoms. The first-order chi connectivity index (χ1) is 8.58. The summed E-state index contributed by atoms with van der Waals surface area (Å²) in [4.78, 5) is 23.2. The zero-order valence-electron chi connectivity index (χ0n) is 9.29. The van der Waals surface area contributed by atoms with Crippen molar-refractivity contribution in [1.82, 2.24) is 15.0 Å². The molecule has 0 aromatic carbocycles. The van der Waals surface area contributed by atoms with Crippen molar-refractivity contribution in [1.29, 1.82) is 0 Å². The summed E-state index contributed by atoms with van der Waals surface area (Å²) in [5.74, 6) is -1.02. The lowest BCUT2D eigenvalue weighted by Crippen LogP contribution is -2.03. The Balaban J connectivity index is 2.29. The second kappa shape index (κ2) is 5.45. The van der Waals surface area contributed by atoms with Crippen LogP contribution in [0, 0.1) is 6.92 Å². The third-order valence-corrected chi connectivity index (χ3v) is 3.90. The molecule has 0 aliphatic heterocycles. The normalized spacial score (nSPS) is 10.3. The predicted molar refractivity (Wildman–Crippen MR) is 69.8 cm³/mol. The van der Waals surface area contributed by atoms with E-state index >= 15 is 0 Å². The Labute approximate surface area is 116 Å². The van der Waals surface area contributed by atoms with Crippen LogP contribution in [0.4, 0.5) is 0 Å². The van der Waals surface area contributed by atoms with Crippen LogP contribution in [0.3, 0.4) is 0 Å². The van der Waals surface area contributed by atoms with Gasteiger partial charge >= 0.3 is 5.97 Å². The number of carboxylic acid groups (broad SMARTS) is 1. The molecule has 2 aromatic heterocycles. The van der Waals surface area contributed by atoms with Crippen LogP contribution in [0.25, 0.3) is 0 Å². The summed E-state index contributed by atoms with van der Waals surface area (Å²) in [6.07, 6.45) is 2.98. The summed E-state index contributed by atoms with van der Waals surface area (Å²) in [5, 5.41) is 10.1. The third kappa shape index (κ3) is 2.85. The molecule has 5 nitrogen and oxygen atoms in total.